The molecule has 9 heteroatoms. The molecule has 36 heavy (non-hydrogen) atoms. The molecule has 1 aromatic heterocycles. The van der Waals surface area contributed by atoms with Gasteiger partial charge in [-0.05, 0) is 48.3 Å². The van der Waals surface area contributed by atoms with Crippen LogP contribution in [0.5, 0.6) is 5.75 Å². The van der Waals surface area contributed by atoms with E-state index >= 15 is 0 Å². The molecule has 0 radical (unpaired) electrons. The standard InChI is InChI=1S/C27H29N3O6/c1-27(2,3)16-9-11-21-19(13-16)25(18-7-5-6-8-20(18)28-21)26(32)36-15-24(31)29-22-12-10-17(30(33)34)14-23(22)35-4/h5-8,10,12,14,16H,9,11,13,15H2,1-4H3,(H,29,31)/t16-/m1/s1. The summed E-state index contributed by atoms with van der Waals surface area (Å²) in [6, 6.07) is 11.3. The first kappa shape index (κ1) is 25.1. The van der Waals surface area contributed by atoms with Gasteiger partial charge in [-0.15, -0.1) is 0 Å². The summed E-state index contributed by atoms with van der Waals surface area (Å²) in [6.07, 6.45) is 2.49. The van der Waals surface area contributed by atoms with Gasteiger partial charge in [-0.3, -0.25) is 19.9 Å². The number of para-hydroxylation sites is 1. The molecule has 1 atom stereocenters. The maximum Gasteiger partial charge on any atom is 0.339 e. The lowest BCUT2D eigenvalue weighted by Gasteiger charge is -2.35. The zero-order valence-electron chi connectivity index (χ0n) is 20.8. The minimum atomic E-state index is -0.588. The van der Waals surface area contributed by atoms with Crippen LogP contribution in [0.15, 0.2) is 42.5 Å². The smallest absolute Gasteiger partial charge is 0.339 e. The Kier molecular flexibility index (Phi) is 6.92. The third kappa shape index (κ3) is 5.15. The summed E-state index contributed by atoms with van der Waals surface area (Å²) in [5, 5.41) is 14.3. The highest BCUT2D eigenvalue weighted by molar-refractivity contribution is 6.06. The van der Waals surface area contributed by atoms with Crippen LogP contribution in [0.2, 0.25) is 0 Å². The van der Waals surface area contributed by atoms with Crippen LogP contribution in [0.25, 0.3) is 10.9 Å². The molecule has 0 aliphatic heterocycles. The SMILES string of the molecule is COc1cc([N+](=O)[O-])ccc1NC(=O)COC(=O)c1c2c(nc3ccccc13)CC[C@@H](C(C)(C)C)C2. The highest BCUT2D eigenvalue weighted by Gasteiger charge is 2.33. The molecule has 1 aliphatic carbocycles. The number of aromatic nitrogens is 1. The van der Waals surface area contributed by atoms with E-state index in [1.807, 2.05) is 24.3 Å². The number of methoxy groups -OCH3 is 1. The number of esters is 1. The number of nitro benzene ring substituents is 1. The zero-order chi connectivity index (χ0) is 26.0. The van der Waals surface area contributed by atoms with E-state index in [0.717, 1.165) is 29.6 Å². The number of rotatable bonds is 6. The number of fused-ring (bicyclic) bond motifs is 2. The van der Waals surface area contributed by atoms with Gasteiger partial charge in [0.2, 0.25) is 0 Å². The molecule has 3 aromatic rings. The molecule has 4 rings (SSSR count). The van der Waals surface area contributed by atoms with E-state index in [9.17, 15) is 19.7 Å². The van der Waals surface area contributed by atoms with E-state index in [1.54, 1.807) is 0 Å². The van der Waals surface area contributed by atoms with Crippen LogP contribution in [0.1, 0.15) is 48.8 Å². The number of hydrogen-bond acceptors (Lipinski definition) is 7. The fourth-order valence-electron chi connectivity index (χ4n) is 4.65. The number of non-ortho nitro benzene ring substituents is 1. The number of benzene rings is 2. The van der Waals surface area contributed by atoms with Crippen molar-refractivity contribution in [2.24, 2.45) is 11.3 Å². The molecule has 0 saturated carbocycles. The molecule has 1 amide bonds. The van der Waals surface area contributed by atoms with Gasteiger partial charge in [0, 0.05) is 17.1 Å². The van der Waals surface area contributed by atoms with E-state index in [-0.39, 0.29) is 22.5 Å². The highest BCUT2D eigenvalue weighted by atomic mass is 16.6. The molecule has 9 nitrogen and oxygen atoms in total. The molecule has 1 N–H and O–H groups in total. The van der Waals surface area contributed by atoms with Crippen LogP contribution in [0.3, 0.4) is 0 Å². The summed E-state index contributed by atoms with van der Waals surface area (Å²) in [4.78, 5) is 41.2. The van der Waals surface area contributed by atoms with Crippen molar-refractivity contribution in [2.45, 2.75) is 40.0 Å². The fourth-order valence-corrected chi connectivity index (χ4v) is 4.65. The van der Waals surface area contributed by atoms with Crippen molar-refractivity contribution in [2.75, 3.05) is 19.0 Å². The second-order valence-electron chi connectivity index (χ2n) is 10.0. The van der Waals surface area contributed by atoms with Crippen molar-refractivity contribution >= 4 is 34.2 Å². The predicted molar refractivity (Wildman–Crippen MR) is 135 cm³/mol. The van der Waals surface area contributed by atoms with E-state index in [4.69, 9.17) is 14.5 Å². The number of nitro groups is 1. The highest BCUT2D eigenvalue weighted by Crippen LogP contribution is 2.39. The van der Waals surface area contributed by atoms with Crippen molar-refractivity contribution in [3.8, 4) is 5.75 Å². The molecule has 1 aliphatic rings. The minimum absolute atomic E-state index is 0.0776. The summed E-state index contributed by atoms with van der Waals surface area (Å²) in [5.74, 6) is -0.649. The quantitative estimate of drug-likeness (QED) is 0.289. The lowest BCUT2D eigenvalue weighted by atomic mass is 9.70. The number of hydrogen-bond donors (Lipinski definition) is 1. The number of pyridine rings is 1. The van der Waals surface area contributed by atoms with E-state index in [0.29, 0.717) is 23.3 Å². The number of amides is 1. The Morgan fingerprint density at radius 3 is 2.64 bits per heavy atom. The number of aryl methyl sites for hydroxylation is 1. The Hall–Kier alpha value is -4.01. The number of nitrogens with zero attached hydrogens (tertiary/aromatic N) is 2. The first-order valence-electron chi connectivity index (χ1n) is 11.8. The number of ether oxygens (including phenoxy) is 2. The monoisotopic (exact) mass is 491 g/mol. The van der Waals surface area contributed by atoms with Crippen molar-refractivity contribution < 1.29 is 24.0 Å². The van der Waals surface area contributed by atoms with Crippen LogP contribution in [-0.2, 0) is 22.4 Å². The topological polar surface area (TPSA) is 121 Å². The van der Waals surface area contributed by atoms with Crippen LogP contribution < -0.4 is 10.1 Å². The summed E-state index contributed by atoms with van der Waals surface area (Å²) < 4.78 is 10.6. The van der Waals surface area contributed by atoms with Crippen molar-refractivity contribution in [1.82, 2.24) is 4.98 Å². The Morgan fingerprint density at radius 1 is 1.19 bits per heavy atom. The minimum Gasteiger partial charge on any atom is -0.494 e. The van der Waals surface area contributed by atoms with Gasteiger partial charge in [-0.25, -0.2) is 4.79 Å². The normalized spacial score (nSPS) is 15.2. The van der Waals surface area contributed by atoms with Gasteiger partial charge in [0.05, 0.1) is 34.9 Å². The maximum atomic E-state index is 13.4. The number of carbonyl (C=O) groups excluding carboxylic acids is 2. The third-order valence-electron chi connectivity index (χ3n) is 6.69. The van der Waals surface area contributed by atoms with Crippen LogP contribution in [0, 0.1) is 21.4 Å². The van der Waals surface area contributed by atoms with Gasteiger partial charge in [-0.1, -0.05) is 39.0 Å². The average molecular weight is 492 g/mol. The zero-order valence-corrected chi connectivity index (χ0v) is 20.8. The van der Waals surface area contributed by atoms with E-state index in [1.165, 1.54) is 25.3 Å². The van der Waals surface area contributed by atoms with Crippen LogP contribution >= 0.6 is 0 Å². The fraction of sp³-hybridized carbons (Fsp3) is 0.370. The molecule has 0 fully saturated rings. The van der Waals surface area contributed by atoms with Gasteiger partial charge in [0.25, 0.3) is 11.6 Å². The number of nitrogens with one attached hydrogen (secondary N) is 1. The summed E-state index contributed by atoms with van der Waals surface area (Å²) in [6.45, 7) is 6.08. The molecule has 0 unspecified atom stereocenters. The first-order chi connectivity index (χ1) is 17.1. The Bertz CT molecular complexity index is 1350. The molecule has 2 aromatic carbocycles. The summed E-state index contributed by atoms with van der Waals surface area (Å²) in [5.41, 5.74) is 3.13. The Morgan fingerprint density at radius 2 is 1.94 bits per heavy atom. The van der Waals surface area contributed by atoms with Crippen LogP contribution in [-0.4, -0.2) is 35.5 Å². The molecular formula is C27H29N3O6. The molecule has 0 bridgehead atoms. The second kappa shape index (κ2) is 9.93. The maximum absolute atomic E-state index is 13.4. The van der Waals surface area contributed by atoms with Gasteiger partial charge >= 0.3 is 5.97 Å². The summed E-state index contributed by atoms with van der Waals surface area (Å²) >= 11 is 0. The van der Waals surface area contributed by atoms with Gasteiger partial charge in [-0.2, -0.15) is 0 Å². The molecular weight excluding hydrogens is 462 g/mol. The Labute approximate surface area is 209 Å². The van der Waals surface area contributed by atoms with E-state index in [2.05, 4.69) is 26.1 Å². The van der Waals surface area contributed by atoms with Gasteiger partial charge < -0.3 is 14.8 Å². The van der Waals surface area contributed by atoms with Gasteiger partial charge in [0.15, 0.2) is 6.61 Å². The lowest BCUT2D eigenvalue weighted by molar-refractivity contribution is -0.384. The van der Waals surface area contributed by atoms with Crippen molar-refractivity contribution in [3.05, 3.63) is 69.4 Å². The largest absolute Gasteiger partial charge is 0.494 e. The first-order valence-corrected chi connectivity index (χ1v) is 11.8. The van der Waals surface area contributed by atoms with Crippen LogP contribution in [0.4, 0.5) is 11.4 Å². The second-order valence-corrected chi connectivity index (χ2v) is 10.0. The average Bonchev–Trinajstić information content (AvgIpc) is 2.85. The molecule has 1 heterocycles. The summed E-state index contributed by atoms with van der Waals surface area (Å²) in [7, 11) is 1.34. The predicted octanol–water partition coefficient (Wildman–Crippen LogP) is 5.10. The van der Waals surface area contributed by atoms with Gasteiger partial charge in [0.1, 0.15) is 5.75 Å². The van der Waals surface area contributed by atoms with Crippen molar-refractivity contribution in [1.29, 1.82) is 0 Å². The number of carbonyl (C=O) groups is 2. The molecule has 0 saturated heterocycles. The van der Waals surface area contributed by atoms with Crippen molar-refractivity contribution in [3.63, 3.8) is 0 Å². The lowest BCUT2D eigenvalue weighted by Crippen LogP contribution is -2.29. The molecule has 0 spiro atoms. The Balaban J connectivity index is 1.56. The molecule has 188 valence electrons. The third-order valence-corrected chi connectivity index (χ3v) is 6.69. The number of anilines is 1. The van der Waals surface area contributed by atoms with E-state index < -0.39 is 23.4 Å².